The van der Waals surface area contributed by atoms with Crippen LogP contribution < -0.4 is 5.32 Å². The zero-order chi connectivity index (χ0) is 15.1. The topological polar surface area (TPSA) is 50.1 Å². The highest BCUT2D eigenvalue weighted by molar-refractivity contribution is 5.24. The molecule has 1 aromatic heterocycles. The van der Waals surface area contributed by atoms with Crippen molar-refractivity contribution in [3.8, 4) is 0 Å². The number of aliphatic hydroxyl groups is 1. The predicted octanol–water partition coefficient (Wildman–Crippen LogP) is 2.36. The normalized spacial score (nSPS) is 13.9. The first-order valence-corrected chi connectivity index (χ1v) is 6.85. The summed E-state index contributed by atoms with van der Waals surface area (Å²) in [7, 11) is 1.94. The summed E-state index contributed by atoms with van der Waals surface area (Å²) >= 11 is 0. The van der Waals surface area contributed by atoms with Gasteiger partial charge in [0.1, 0.15) is 0 Å². The van der Waals surface area contributed by atoms with Crippen LogP contribution in [0.4, 0.5) is 0 Å². The van der Waals surface area contributed by atoms with Gasteiger partial charge in [0.05, 0.1) is 11.3 Å². The highest BCUT2D eigenvalue weighted by atomic mass is 16.3. The minimum absolute atomic E-state index is 0.0249. The Labute approximate surface area is 117 Å². The molecule has 19 heavy (non-hydrogen) atoms. The maximum atomic E-state index is 10.2. The van der Waals surface area contributed by atoms with Crippen molar-refractivity contribution in [2.24, 2.45) is 7.05 Å². The lowest BCUT2D eigenvalue weighted by Gasteiger charge is -2.38. The second-order valence-corrected chi connectivity index (χ2v) is 7.46. The van der Waals surface area contributed by atoms with E-state index in [1.165, 1.54) is 5.56 Å². The second kappa shape index (κ2) is 4.91. The van der Waals surface area contributed by atoms with Gasteiger partial charge in [-0.3, -0.25) is 4.68 Å². The quantitative estimate of drug-likeness (QED) is 0.880. The minimum Gasteiger partial charge on any atom is -0.389 e. The van der Waals surface area contributed by atoms with E-state index in [0.717, 1.165) is 5.69 Å². The molecule has 2 N–H and O–H groups in total. The molecule has 110 valence electrons. The van der Waals surface area contributed by atoms with Gasteiger partial charge in [0, 0.05) is 36.3 Å². The molecule has 1 rings (SSSR count). The second-order valence-electron chi connectivity index (χ2n) is 7.46. The van der Waals surface area contributed by atoms with E-state index in [-0.39, 0.29) is 11.0 Å². The average Bonchev–Trinajstić information content (AvgIpc) is 2.54. The fourth-order valence-corrected chi connectivity index (χ4v) is 1.83. The molecule has 0 aliphatic rings. The van der Waals surface area contributed by atoms with Crippen molar-refractivity contribution in [3.05, 3.63) is 17.5 Å². The van der Waals surface area contributed by atoms with Gasteiger partial charge in [0.15, 0.2) is 0 Å². The van der Waals surface area contributed by atoms with Crippen LogP contribution in [0, 0.1) is 0 Å². The third kappa shape index (κ3) is 3.80. The van der Waals surface area contributed by atoms with Crippen molar-refractivity contribution < 1.29 is 5.11 Å². The number of nitrogens with zero attached hydrogens (tertiary/aromatic N) is 2. The van der Waals surface area contributed by atoms with Gasteiger partial charge in [-0.1, -0.05) is 20.8 Å². The molecule has 0 saturated carbocycles. The minimum atomic E-state index is -0.781. The van der Waals surface area contributed by atoms with Crippen LogP contribution in [-0.2, 0) is 19.0 Å². The number of nitrogens with one attached hydrogen (secondary N) is 1. The monoisotopic (exact) mass is 267 g/mol. The fourth-order valence-electron chi connectivity index (χ4n) is 1.83. The molecular weight excluding hydrogens is 238 g/mol. The summed E-state index contributed by atoms with van der Waals surface area (Å²) in [5.74, 6) is 0. The van der Waals surface area contributed by atoms with Gasteiger partial charge in [0.2, 0.25) is 0 Å². The van der Waals surface area contributed by atoms with E-state index in [4.69, 9.17) is 0 Å². The van der Waals surface area contributed by atoms with Crippen LogP contribution >= 0.6 is 0 Å². The Morgan fingerprint density at radius 2 is 1.68 bits per heavy atom. The Morgan fingerprint density at radius 3 is 2.11 bits per heavy atom. The van der Waals surface area contributed by atoms with Crippen molar-refractivity contribution >= 4 is 0 Å². The Balaban J connectivity index is 2.91. The zero-order valence-electron chi connectivity index (χ0n) is 13.6. The third-order valence-corrected chi connectivity index (χ3v) is 3.87. The van der Waals surface area contributed by atoms with Crippen LogP contribution in [0.5, 0.6) is 0 Å². The van der Waals surface area contributed by atoms with Crippen LogP contribution in [0.25, 0.3) is 0 Å². The van der Waals surface area contributed by atoms with Crippen LogP contribution in [0.2, 0.25) is 0 Å². The first-order chi connectivity index (χ1) is 8.34. The van der Waals surface area contributed by atoms with Crippen molar-refractivity contribution in [2.75, 3.05) is 0 Å². The van der Waals surface area contributed by atoms with Gasteiger partial charge >= 0.3 is 0 Å². The van der Waals surface area contributed by atoms with E-state index in [2.05, 4.69) is 31.2 Å². The molecule has 0 aliphatic carbocycles. The summed E-state index contributed by atoms with van der Waals surface area (Å²) < 4.78 is 1.86. The maximum Gasteiger partial charge on any atom is 0.0767 e. The fraction of sp³-hybridized carbons (Fsp3) is 0.800. The molecule has 1 aromatic rings. The van der Waals surface area contributed by atoms with Crippen molar-refractivity contribution in [1.82, 2.24) is 15.1 Å². The summed E-state index contributed by atoms with van der Waals surface area (Å²) in [5.41, 5.74) is 1.17. The highest BCUT2D eigenvalue weighted by Crippen LogP contribution is 2.26. The van der Waals surface area contributed by atoms with Crippen molar-refractivity contribution in [3.63, 3.8) is 0 Å². The number of aromatic nitrogens is 2. The van der Waals surface area contributed by atoms with Crippen LogP contribution in [-0.4, -0.2) is 26.0 Å². The number of rotatable bonds is 4. The first kappa shape index (κ1) is 16.2. The van der Waals surface area contributed by atoms with Crippen molar-refractivity contribution in [1.29, 1.82) is 0 Å². The lowest BCUT2D eigenvalue weighted by Crippen LogP contribution is -2.55. The summed E-state index contributed by atoms with van der Waals surface area (Å²) in [5, 5.41) is 18.2. The molecule has 1 heterocycles. The van der Waals surface area contributed by atoms with Gasteiger partial charge < -0.3 is 10.4 Å². The molecule has 0 atom stereocenters. The van der Waals surface area contributed by atoms with E-state index in [1.807, 2.05) is 45.6 Å². The molecule has 0 spiro atoms. The Kier molecular flexibility index (Phi) is 4.18. The van der Waals surface area contributed by atoms with E-state index in [9.17, 15) is 5.11 Å². The van der Waals surface area contributed by atoms with Crippen LogP contribution in [0.15, 0.2) is 6.20 Å². The Hall–Kier alpha value is -0.870. The molecule has 0 unspecified atom stereocenters. The lowest BCUT2D eigenvalue weighted by atomic mass is 9.85. The van der Waals surface area contributed by atoms with E-state index in [1.54, 1.807) is 0 Å². The SMILES string of the molecule is Cn1cc(CNC(C)(C)C(C)(C)O)c(C(C)(C)C)n1. The van der Waals surface area contributed by atoms with E-state index in [0.29, 0.717) is 6.54 Å². The Morgan fingerprint density at radius 1 is 1.16 bits per heavy atom. The molecular formula is C15H29N3O. The van der Waals surface area contributed by atoms with Crippen LogP contribution in [0.3, 0.4) is 0 Å². The zero-order valence-corrected chi connectivity index (χ0v) is 13.6. The molecule has 4 nitrogen and oxygen atoms in total. The van der Waals surface area contributed by atoms with Gasteiger partial charge in [0.25, 0.3) is 0 Å². The molecule has 0 saturated heterocycles. The number of aryl methyl sites for hydroxylation is 1. The molecule has 4 heteroatoms. The summed E-state index contributed by atoms with van der Waals surface area (Å²) in [6.07, 6.45) is 2.05. The summed E-state index contributed by atoms with van der Waals surface area (Å²) in [6, 6.07) is 0. The molecule has 0 bridgehead atoms. The van der Waals surface area contributed by atoms with Crippen LogP contribution in [0.1, 0.15) is 59.7 Å². The third-order valence-electron chi connectivity index (χ3n) is 3.87. The summed E-state index contributed by atoms with van der Waals surface area (Å²) in [6.45, 7) is 14.9. The molecule has 0 fully saturated rings. The number of hydrogen-bond donors (Lipinski definition) is 2. The largest absolute Gasteiger partial charge is 0.389 e. The number of hydrogen-bond acceptors (Lipinski definition) is 3. The average molecular weight is 267 g/mol. The van der Waals surface area contributed by atoms with Gasteiger partial charge in [-0.05, 0) is 27.7 Å². The van der Waals surface area contributed by atoms with Gasteiger partial charge in [-0.15, -0.1) is 0 Å². The smallest absolute Gasteiger partial charge is 0.0767 e. The maximum absolute atomic E-state index is 10.2. The first-order valence-electron chi connectivity index (χ1n) is 6.85. The molecule has 0 radical (unpaired) electrons. The molecule has 0 aromatic carbocycles. The van der Waals surface area contributed by atoms with Gasteiger partial charge in [-0.25, -0.2) is 0 Å². The van der Waals surface area contributed by atoms with E-state index >= 15 is 0 Å². The molecule has 0 amide bonds. The lowest BCUT2D eigenvalue weighted by molar-refractivity contribution is -0.00536. The Bertz CT molecular complexity index is 433. The standard InChI is InChI=1S/C15H29N3O/c1-13(2,3)12-11(10-18(8)17-12)9-16-14(4,5)15(6,7)19/h10,16,19H,9H2,1-8H3. The van der Waals surface area contributed by atoms with Gasteiger partial charge in [-0.2, -0.15) is 5.10 Å². The van der Waals surface area contributed by atoms with E-state index < -0.39 is 5.60 Å². The predicted molar refractivity (Wildman–Crippen MR) is 79.1 cm³/mol. The highest BCUT2D eigenvalue weighted by Gasteiger charge is 2.35. The van der Waals surface area contributed by atoms with Crippen molar-refractivity contribution in [2.45, 2.75) is 71.6 Å². The summed E-state index contributed by atoms with van der Waals surface area (Å²) in [4.78, 5) is 0. The molecule has 0 aliphatic heterocycles.